The number of rotatable bonds is 2. The minimum absolute atomic E-state index is 0.0171. The second-order valence-corrected chi connectivity index (χ2v) is 9.71. The van der Waals surface area contributed by atoms with Crippen molar-refractivity contribution in [2.45, 2.75) is 71.3 Å². The Morgan fingerprint density at radius 2 is 2.00 bits per heavy atom. The van der Waals surface area contributed by atoms with Gasteiger partial charge in [0.1, 0.15) is 0 Å². The standard InChI is InChI=1S/C22H30O5/c1-13(24)27-19-16(25)9-21(3)17-6-5-14-10-26-11-15(14)20(17,2)8-7-18(21)22(19,4)12-23/h10-11,17-19,23H,5-9,12H2,1-4H3/t17-,18+,19+,20-,21+,22+/m0/s1. The van der Waals surface area contributed by atoms with Gasteiger partial charge in [0.15, 0.2) is 11.9 Å². The molecule has 2 fully saturated rings. The number of Topliss-reactive ketones (excluding diaryl/α,β-unsaturated/α-hetero) is 1. The highest BCUT2D eigenvalue weighted by atomic mass is 16.5. The molecule has 0 aromatic carbocycles. The van der Waals surface area contributed by atoms with E-state index in [1.54, 1.807) is 0 Å². The van der Waals surface area contributed by atoms with Crippen LogP contribution < -0.4 is 0 Å². The maximum Gasteiger partial charge on any atom is 0.303 e. The number of aliphatic hydroxyl groups excluding tert-OH is 1. The van der Waals surface area contributed by atoms with E-state index < -0.39 is 17.5 Å². The summed E-state index contributed by atoms with van der Waals surface area (Å²) in [6.07, 6.45) is 7.18. The number of aliphatic hydroxyl groups is 1. The van der Waals surface area contributed by atoms with Crippen LogP contribution in [0.3, 0.4) is 0 Å². The molecule has 5 nitrogen and oxygen atoms in total. The zero-order valence-corrected chi connectivity index (χ0v) is 16.7. The van der Waals surface area contributed by atoms with Crippen molar-refractivity contribution in [3.63, 3.8) is 0 Å². The molecule has 1 aromatic heterocycles. The lowest BCUT2D eigenvalue weighted by Crippen LogP contribution is -2.65. The van der Waals surface area contributed by atoms with Gasteiger partial charge in [-0.1, -0.05) is 20.8 Å². The first-order valence-corrected chi connectivity index (χ1v) is 10.0. The van der Waals surface area contributed by atoms with Crippen LogP contribution in [0.5, 0.6) is 0 Å². The largest absolute Gasteiger partial charge is 0.472 e. The van der Waals surface area contributed by atoms with E-state index in [1.807, 2.05) is 19.5 Å². The summed E-state index contributed by atoms with van der Waals surface area (Å²) in [5.41, 5.74) is 1.59. The summed E-state index contributed by atoms with van der Waals surface area (Å²) < 4.78 is 11.0. The first-order chi connectivity index (χ1) is 12.7. The van der Waals surface area contributed by atoms with E-state index in [2.05, 4.69) is 13.8 Å². The van der Waals surface area contributed by atoms with Crippen LogP contribution in [0.25, 0.3) is 0 Å². The number of aryl methyl sites for hydroxylation is 1. The van der Waals surface area contributed by atoms with Gasteiger partial charge in [0.2, 0.25) is 0 Å². The van der Waals surface area contributed by atoms with Gasteiger partial charge >= 0.3 is 5.97 Å². The van der Waals surface area contributed by atoms with E-state index >= 15 is 0 Å². The van der Waals surface area contributed by atoms with Gasteiger partial charge in [0.25, 0.3) is 0 Å². The van der Waals surface area contributed by atoms with Gasteiger partial charge in [-0.3, -0.25) is 9.59 Å². The average molecular weight is 374 g/mol. The molecule has 1 aromatic rings. The fraction of sp³-hybridized carbons (Fsp3) is 0.727. The van der Waals surface area contributed by atoms with Crippen LogP contribution in [0.15, 0.2) is 16.9 Å². The van der Waals surface area contributed by atoms with Crippen LogP contribution in [-0.2, 0) is 26.2 Å². The molecular weight excluding hydrogens is 344 g/mol. The van der Waals surface area contributed by atoms with Gasteiger partial charge in [0.05, 0.1) is 19.1 Å². The summed E-state index contributed by atoms with van der Waals surface area (Å²) >= 11 is 0. The predicted molar refractivity (Wildman–Crippen MR) is 99.1 cm³/mol. The summed E-state index contributed by atoms with van der Waals surface area (Å²) in [5.74, 6) is -0.0498. The third-order valence-electron chi connectivity index (χ3n) is 8.24. The van der Waals surface area contributed by atoms with Crippen molar-refractivity contribution in [3.05, 3.63) is 23.7 Å². The number of ether oxygens (including phenoxy) is 1. The number of carbonyl (C=O) groups is 2. The summed E-state index contributed by atoms with van der Waals surface area (Å²) in [6.45, 7) is 7.64. The maximum absolute atomic E-state index is 13.1. The Kier molecular flexibility index (Phi) is 4.12. The van der Waals surface area contributed by atoms with E-state index in [4.69, 9.17) is 9.15 Å². The molecule has 0 radical (unpaired) electrons. The van der Waals surface area contributed by atoms with Gasteiger partial charge in [-0.15, -0.1) is 0 Å². The number of esters is 1. The Bertz CT molecular complexity index is 781. The Labute approximate surface area is 160 Å². The molecule has 3 aliphatic carbocycles. The molecule has 0 saturated heterocycles. The average Bonchev–Trinajstić information content (AvgIpc) is 3.08. The Balaban J connectivity index is 1.78. The normalized spacial score (nSPS) is 43.4. The molecule has 0 bridgehead atoms. The first kappa shape index (κ1) is 18.7. The second-order valence-electron chi connectivity index (χ2n) is 9.71. The number of fused-ring (bicyclic) bond motifs is 5. The molecule has 6 atom stereocenters. The van der Waals surface area contributed by atoms with Crippen molar-refractivity contribution in [3.8, 4) is 0 Å². The SMILES string of the molecule is CC(=O)O[C@@H]1C(=O)C[C@@]2(C)[C@@H](CC[C@@]3(C)c4cocc4CC[C@H]23)[C@@]1(C)CO. The zero-order valence-electron chi connectivity index (χ0n) is 16.7. The summed E-state index contributed by atoms with van der Waals surface area (Å²) in [4.78, 5) is 24.8. The van der Waals surface area contributed by atoms with Crippen LogP contribution >= 0.6 is 0 Å². The third-order valence-corrected chi connectivity index (χ3v) is 8.24. The van der Waals surface area contributed by atoms with Crippen molar-refractivity contribution in [2.24, 2.45) is 22.7 Å². The fourth-order valence-corrected chi connectivity index (χ4v) is 7.12. The third kappa shape index (κ3) is 2.40. The number of furan rings is 1. The number of ketones is 1. The van der Waals surface area contributed by atoms with Gasteiger partial charge < -0.3 is 14.3 Å². The van der Waals surface area contributed by atoms with Crippen molar-refractivity contribution < 1.29 is 23.8 Å². The highest BCUT2D eigenvalue weighted by Crippen LogP contribution is 2.66. The Morgan fingerprint density at radius 3 is 2.67 bits per heavy atom. The lowest BCUT2D eigenvalue weighted by atomic mass is 9.40. The minimum atomic E-state index is -0.851. The molecule has 0 aliphatic heterocycles. The molecule has 0 amide bonds. The summed E-state index contributed by atoms with van der Waals surface area (Å²) in [7, 11) is 0. The molecule has 0 spiro atoms. The van der Waals surface area contributed by atoms with E-state index in [0.29, 0.717) is 12.3 Å². The molecule has 5 heteroatoms. The van der Waals surface area contributed by atoms with Crippen LogP contribution in [-0.4, -0.2) is 29.6 Å². The van der Waals surface area contributed by atoms with Crippen molar-refractivity contribution in [2.75, 3.05) is 6.61 Å². The lowest BCUT2D eigenvalue weighted by molar-refractivity contribution is -0.199. The van der Waals surface area contributed by atoms with E-state index in [9.17, 15) is 14.7 Å². The summed E-state index contributed by atoms with van der Waals surface area (Å²) in [5, 5.41) is 10.3. The first-order valence-electron chi connectivity index (χ1n) is 10.0. The maximum atomic E-state index is 13.1. The molecule has 27 heavy (non-hydrogen) atoms. The highest BCUT2D eigenvalue weighted by Gasteiger charge is 2.66. The Morgan fingerprint density at radius 1 is 1.26 bits per heavy atom. The van der Waals surface area contributed by atoms with Gasteiger partial charge in [-0.05, 0) is 59.5 Å². The van der Waals surface area contributed by atoms with Crippen LogP contribution in [0.4, 0.5) is 0 Å². The molecule has 2 saturated carbocycles. The number of hydrogen-bond acceptors (Lipinski definition) is 5. The number of hydrogen-bond donors (Lipinski definition) is 1. The van der Waals surface area contributed by atoms with Crippen LogP contribution in [0.2, 0.25) is 0 Å². The monoisotopic (exact) mass is 374 g/mol. The molecule has 4 rings (SSSR count). The quantitative estimate of drug-likeness (QED) is 0.803. The fourth-order valence-electron chi connectivity index (χ4n) is 7.12. The lowest BCUT2D eigenvalue weighted by Gasteiger charge is -2.64. The highest BCUT2D eigenvalue weighted by molar-refractivity contribution is 5.88. The van der Waals surface area contributed by atoms with Crippen molar-refractivity contribution in [1.29, 1.82) is 0 Å². The van der Waals surface area contributed by atoms with Crippen molar-refractivity contribution in [1.82, 2.24) is 0 Å². The molecule has 1 N–H and O–H groups in total. The second kappa shape index (κ2) is 5.94. The number of carbonyl (C=O) groups excluding carboxylic acids is 2. The topological polar surface area (TPSA) is 76.7 Å². The van der Waals surface area contributed by atoms with E-state index in [0.717, 1.165) is 25.7 Å². The Hall–Kier alpha value is -1.62. The van der Waals surface area contributed by atoms with Gasteiger partial charge in [0, 0.05) is 18.8 Å². The van der Waals surface area contributed by atoms with Gasteiger partial charge in [-0.2, -0.15) is 0 Å². The minimum Gasteiger partial charge on any atom is -0.472 e. The zero-order chi connectivity index (χ0) is 19.6. The van der Waals surface area contributed by atoms with Crippen LogP contribution in [0, 0.1) is 22.7 Å². The smallest absolute Gasteiger partial charge is 0.303 e. The van der Waals surface area contributed by atoms with Crippen LogP contribution in [0.1, 0.15) is 64.5 Å². The van der Waals surface area contributed by atoms with Crippen molar-refractivity contribution >= 4 is 11.8 Å². The van der Waals surface area contributed by atoms with Gasteiger partial charge in [-0.25, -0.2) is 0 Å². The molecule has 3 aliphatic rings. The summed E-state index contributed by atoms with van der Waals surface area (Å²) in [6, 6.07) is 0. The molecule has 0 unspecified atom stereocenters. The van der Waals surface area contributed by atoms with E-state index in [-0.39, 0.29) is 29.1 Å². The molecular formula is C22H30O5. The molecule has 148 valence electrons. The molecule has 1 heterocycles. The van der Waals surface area contributed by atoms with E-state index in [1.165, 1.54) is 18.1 Å². The predicted octanol–water partition coefficient (Wildman–Crippen LogP) is 3.42.